The van der Waals surface area contributed by atoms with E-state index in [4.69, 9.17) is 0 Å². The molecule has 3 rings (SSSR count). The van der Waals surface area contributed by atoms with E-state index in [1.165, 1.54) is 30.9 Å². The molecular formula is C11H18N4. The van der Waals surface area contributed by atoms with Gasteiger partial charge in [-0.05, 0) is 25.8 Å². The third kappa shape index (κ3) is 1.47. The summed E-state index contributed by atoms with van der Waals surface area (Å²) < 4.78 is 2.37. The summed E-state index contributed by atoms with van der Waals surface area (Å²) >= 11 is 0. The van der Waals surface area contributed by atoms with Gasteiger partial charge in [0.25, 0.3) is 0 Å². The lowest BCUT2D eigenvalue weighted by molar-refractivity contribution is 0.446. The number of nitrogens with zero attached hydrogens (tertiary/aromatic N) is 3. The summed E-state index contributed by atoms with van der Waals surface area (Å²) in [4.78, 5) is 0. The Morgan fingerprint density at radius 2 is 2.13 bits per heavy atom. The van der Waals surface area contributed by atoms with Crippen LogP contribution in [-0.2, 0) is 6.54 Å². The third-order valence-corrected chi connectivity index (χ3v) is 3.69. The molecule has 1 aromatic rings. The highest BCUT2D eigenvalue weighted by Crippen LogP contribution is 2.29. The van der Waals surface area contributed by atoms with Crippen molar-refractivity contribution in [2.75, 3.05) is 13.1 Å². The maximum Gasteiger partial charge on any atom is 0.137 e. The van der Waals surface area contributed by atoms with Gasteiger partial charge >= 0.3 is 0 Å². The van der Waals surface area contributed by atoms with E-state index in [2.05, 4.69) is 27.0 Å². The lowest BCUT2D eigenvalue weighted by Gasteiger charge is -2.21. The molecule has 1 aromatic heterocycles. The molecule has 4 nitrogen and oxygen atoms in total. The summed E-state index contributed by atoms with van der Waals surface area (Å²) in [5, 5.41) is 12.2. The van der Waals surface area contributed by atoms with Crippen molar-refractivity contribution in [2.24, 2.45) is 0 Å². The van der Waals surface area contributed by atoms with Crippen LogP contribution in [0, 0.1) is 0 Å². The maximum atomic E-state index is 4.40. The quantitative estimate of drug-likeness (QED) is 0.752. The topological polar surface area (TPSA) is 42.7 Å². The summed E-state index contributed by atoms with van der Waals surface area (Å²) in [7, 11) is 0. The molecule has 1 N–H and O–H groups in total. The van der Waals surface area contributed by atoms with Gasteiger partial charge in [-0.1, -0.05) is 6.92 Å². The average molecular weight is 206 g/mol. The van der Waals surface area contributed by atoms with E-state index in [0.717, 1.165) is 19.6 Å². The third-order valence-electron chi connectivity index (χ3n) is 3.69. The van der Waals surface area contributed by atoms with Crippen LogP contribution in [0.3, 0.4) is 0 Å². The fraction of sp³-hybridized carbons (Fsp3) is 0.818. The molecule has 0 spiro atoms. The van der Waals surface area contributed by atoms with Gasteiger partial charge in [-0.25, -0.2) is 0 Å². The van der Waals surface area contributed by atoms with E-state index in [0.29, 0.717) is 11.8 Å². The summed E-state index contributed by atoms with van der Waals surface area (Å²) in [5.74, 6) is 3.62. The standard InChI is InChI=1S/C11H18N4/c1-8-3-2-6-15-10(8)13-14-11(15)9-4-5-12-7-9/h8-9,12H,2-7H2,1H3. The minimum atomic E-state index is 0.592. The fourth-order valence-electron chi connectivity index (χ4n) is 2.78. The largest absolute Gasteiger partial charge is 0.316 e. The number of aromatic nitrogens is 3. The molecule has 0 radical (unpaired) electrons. The Kier molecular flexibility index (Phi) is 2.24. The smallest absolute Gasteiger partial charge is 0.137 e. The van der Waals surface area contributed by atoms with Crippen LogP contribution in [0.5, 0.6) is 0 Å². The molecule has 1 fully saturated rings. The molecule has 2 unspecified atom stereocenters. The SMILES string of the molecule is CC1CCCn2c1nnc2C1CCNC1. The Balaban J connectivity index is 1.95. The summed E-state index contributed by atoms with van der Waals surface area (Å²) in [6, 6.07) is 0. The molecule has 0 saturated carbocycles. The molecule has 0 aliphatic carbocycles. The first-order valence-corrected chi connectivity index (χ1v) is 6.00. The Bertz CT molecular complexity index is 351. The van der Waals surface area contributed by atoms with Gasteiger partial charge < -0.3 is 9.88 Å². The van der Waals surface area contributed by atoms with Crippen LogP contribution in [0.4, 0.5) is 0 Å². The van der Waals surface area contributed by atoms with Crippen LogP contribution < -0.4 is 5.32 Å². The highest BCUT2D eigenvalue weighted by atomic mass is 15.3. The summed E-state index contributed by atoms with van der Waals surface area (Å²) in [6.45, 7) is 5.59. The van der Waals surface area contributed by atoms with Gasteiger partial charge in [-0.2, -0.15) is 0 Å². The highest BCUT2D eigenvalue weighted by molar-refractivity contribution is 5.09. The van der Waals surface area contributed by atoms with Gasteiger partial charge in [-0.3, -0.25) is 0 Å². The van der Waals surface area contributed by atoms with E-state index in [1.807, 2.05) is 0 Å². The molecule has 4 heteroatoms. The van der Waals surface area contributed by atoms with Crippen LogP contribution in [-0.4, -0.2) is 27.9 Å². The lowest BCUT2D eigenvalue weighted by Crippen LogP contribution is -2.18. The van der Waals surface area contributed by atoms with Gasteiger partial charge in [0.2, 0.25) is 0 Å². The van der Waals surface area contributed by atoms with Crippen LogP contribution in [0.1, 0.15) is 49.7 Å². The van der Waals surface area contributed by atoms with Gasteiger partial charge in [0.15, 0.2) is 0 Å². The van der Waals surface area contributed by atoms with E-state index < -0.39 is 0 Å². The Labute approximate surface area is 90.1 Å². The normalized spacial score (nSPS) is 30.5. The second-order valence-corrected chi connectivity index (χ2v) is 4.80. The maximum absolute atomic E-state index is 4.40. The molecular weight excluding hydrogens is 188 g/mol. The van der Waals surface area contributed by atoms with Gasteiger partial charge in [0.1, 0.15) is 11.6 Å². The highest BCUT2D eigenvalue weighted by Gasteiger charge is 2.27. The average Bonchev–Trinajstić information content (AvgIpc) is 2.85. The first kappa shape index (κ1) is 9.33. The predicted molar refractivity (Wildman–Crippen MR) is 57.9 cm³/mol. The molecule has 15 heavy (non-hydrogen) atoms. The summed E-state index contributed by atoms with van der Waals surface area (Å²) in [5.41, 5.74) is 0. The minimum absolute atomic E-state index is 0.592. The monoisotopic (exact) mass is 206 g/mol. The number of nitrogens with one attached hydrogen (secondary N) is 1. The van der Waals surface area contributed by atoms with Crippen molar-refractivity contribution in [1.82, 2.24) is 20.1 Å². The minimum Gasteiger partial charge on any atom is -0.316 e. The number of fused-ring (bicyclic) bond motifs is 1. The zero-order valence-electron chi connectivity index (χ0n) is 9.24. The van der Waals surface area contributed by atoms with Crippen molar-refractivity contribution in [3.8, 4) is 0 Å². The van der Waals surface area contributed by atoms with Crippen molar-refractivity contribution in [3.05, 3.63) is 11.6 Å². The lowest BCUT2D eigenvalue weighted by atomic mass is 10.0. The first-order chi connectivity index (χ1) is 7.36. The molecule has 2 aliphatic rings. The van der Waals surface area contributed by atoms with E-state index in [1.54, 1.807) is 0 Å². The van der Waals surface area contributed by atoms with Gasteiger partial charge in [0, 0.05) is 24.9 Å². The van der Waals surface area contributed by atoms with E-state index in [-0.39, 0.29) is 0 Å². The van der Waals surface area contributed by atoms with Crippen molar-refractivity contribution in [3.63, 3.8) is 0 Å². The van der Waals surface area contributed by atoms with E-state index in [9.17, 15) is 0 Å². The van der Waals surface area contributed by atoms with Crippen molar-refractivity contribution >= 4 is 0 Å². The summed E-state index contributed by atoms with van der Waals surface area (Å²) in [6.07, 6.45) is 3.76. The Hall–Kier alpha value is -0.900. The Morgan fingerprint density at radius 1 is 1.27 bits per heavy atom. The number of hydrogen-bond acceptors (Lipinski definition) is 3. The van der Waals surface area contributed by atoms with Crippen LogP contribution in [0.15, 0.2) is 0 Å². The molecule has 2 atom stereocenters. The zero-order valence-corrected chi connectivity index (χ0v) is 9.24. The molecule has 0 aromatic carbocycles. The second-order valence-electron chi connectivity index (χ2n) is 4.80. The molecule has 0 amide bonds. The molecule has 2 aliphatic heterocycles. The fourth-order valence-corrected chi connectivity index (χ4v) is 2.78. The molecule has 3 heterocycles. The van der Waals surface area contributed by atoms with Crippen LogP contribution in [0.25, 0.3) is 0 Å². The van der Waals surface area contributed by atoms with Crippen molar-refractivity contribution in [1.29, 1.82) is 0 Å². The Morgan fingerprint density at radius 3 is 2.93 bits per heavy atom. The molecule has 82 valence electrons. The zero-order chi connectivity index (χ0) is 10.3. The van der Waals surface area contributed by atoms with Crippen molar-refractivity contribution in [2.45, 2.75) is 44.6 Å². The molecule has 0 bridgehead atoms. The second kappa shape index (κ2) is 3.59. The van der Waals surface area contributed by atoms with Crippen LogP contribution in [0.2, 0.25) is 0 Å². The van der Waals surface area contributed by atoms with Gasteiger partial charge in [0.05, 0.1) is 0 Å². The predicted octanol–water partition coefficient (Wildman–Crippen LogP) is 1.25. The number of rotatable bonds is 1. The van der Waals surface area contributed by atoms with Crippen LogP contribution >= 0.6 is 0 Å². The van der Waals surface area contributed by atoms with Gasteiger partial charge in [-0.15, -0.1) is 10.2 Å². The first-order valence-electron chi connectivity index (χ1n) is 6.00. The number of hydrogen-bond donors (Lipinski definition) is 1. The van der Waals surface area contributed by atoms with Crippen molar-refractivity contribution < 1.29 is 0 Å². The molecule has 1 saturated heterocycles. The van der Waals surface area contributed by atoms with E-state index >= 15 is 0 Å².